The Labute approximate surface area is 122 Å². The number of nitrogens with one attached hydrogen (secondary N) is 1. The molecule has 2 N–H and O–H groups in total. The number of rotatable bonds is 8. The van der Waals surface area contributed by atoms with Crippen molar-refractivity contribution in [2.75, 3.05) is 18.5 Å². The second kappa shape index (κ2) is 7.81. The van der Waals surface area contributed by atoms with Crippen LogP contribution >= 0.6 is 11.3 Å². The number of anilines is 1. The van der Waals surface area contributed by atoms with Crippen LogP contribution in [0.15, 0.2) is 24.3 Å². The van der Waals surface area contributed by atoms with Gasteiger partial charge in [-0.25, -0.2) is 0 Å². The molecule has 20 heavy (non-hydrogen) atoms. The fourth-order valence-electron chi connectivity index (χ4n) is 1.73. The summed E-state index contributed by atoms with van der Waals surface area (Å²) in [7, 11) is 0. The van der Waals surface area contributed by atoms with Crippen LogP contribution in [0.2, 0.25) is 0 Å². The van der Waals surface area contributed by atoms with Gasteiger partial charge in [0.15, 0.2) is 5.01 Å². The lowest BCUT2D eigenvalue weighted by Crippen LogP contribution is -2.00. The fourth-order valence-corrected chi connectivity index (χ4v) is 2.40. The Bertz CT molecular complexity index is 531. The molecule has 0 saturated carbocycles. The molecule has 0 aliphatic carbocycles. The number of nitrogens with zero attached hydrogens (tertiary/aromatic N) is 2. The highest BCUT2D eigenvalue weighted by molar-refractivity contribution is 7.15. The highest BCUT2D eigenvalue weighted by Gasteiger charge is 2.06. The predicted molar refractivity (Wildman–Crippen MR) is 80.3 cm³/mol. The third-order valence-corrected chi connectivity index (χ3v) is 3.55. The van der Waals surface area contributed by atoms with Crippen molar-refractivity contribution >= 4 is 16.5 Å². The molecule has 108 valence electrons. The van der Waals surface area contributed by atoms with Gasteiger partial charge in [0, 0.05) is 13.2 Å². The van der Waals surface area contributed by atoms with E-state index in [9.17, 15) is 0 Å². The van der Waals surface area contributed by atoms with E-state index in [4.69, 9.17) is 9.84 Å². The summed E-state index contributed by atoms with van der Waals surface area (Å²) in [6, 6.07) is 7.72. The number of aliphatic hydroxyl groups excluding tert-OH is 1. The predicted octanol–water partition coefficient (Wildman–Crippen LogP) is 2.47. The van der Waals surface area contributed by atoms with Crippen LogP contribution in [0.3, 0.4) is 0 Å². The zero-order valence-corrected chi connectivity index (χ0v) is 12.3. The van der Waals surface area contributed by atoms with Crippen LogP contribution in [-0.2, 0) is 13.0 Å². The SMILES string of the molecule is CCCNc1nnc(COc2ccccc2CCO)s1. The molecular weight excluding hydrogens is 274 g/mol. The minimum Gasteiger partial charge on any atom is -0.486 e. The van der Waals surface area contributed by atoms with Crippen LogP contribution in [0, 0.1) is 0 Å². The van der Waals surface area contributed by atoms with Crippen molar-refractivity contribution in [3.05, 3.63) is 34.8 Å². The summed E-state index contributed by atoms with van der Waals surface area (Å²) in [6.07, 6.45) is 1.65. The molecule has 0 radical (unpaired) electrons. The van der Waals surface area contributed by atoms with E-state index >= 15 is 0 Å². The van der Waals surface area contributed by atoms with Gasteiger partial charge < -0.3 is 15.2 Å². The van der Waals surface area contributed by atoms with E-state index in [1.807, 2.05) is 24.3 Å². The van der Waals surface area contributed by atoms with Gasteiger partial charge in [-0.3, -0.25) is 0 Å². The Balaban J connectivity index is 1.93. The lowest BCUT2D eigenvalue weighted by atomic mass is 10.1. The summed E-state index contributed by atoms with van der Waals surface area (Å²) in [4.78, 5) is 0. The first kappa shape index (κ1) is 14.7. The van der Waals surface area contributed by atoms with Crippen LogP contribution in [0.5, 0.6) is 5.75 Å². The van der Waals surface area contributed by atoms with Gasteiger partial charge in [0.1, 0.15) is 12.4 Å². The molecule has 0 saturated heterocycles. The zero-order valence-electron chi connectivity index (χ0n) is 11.5. The second-order valence-corrected chi connectivity index (χ2v) is 5.36. The number of benzene rings is 1. The lowest BCUT2D eigenvalue weighted by Gasteiger charge is -2.08. The van der Waals surface area contributed by atoms with Crippen LogP contribution in [0.4, 0.5) is 5.13 Å². The van der Waals surface area contributed by atoms with E-state index in [0.29, 0.717) is 13.0 Å². The number of aliphatic hydroxyl groups is 1. The van der Waals surface area contributed by atoms with Gasteiger partial charge in [-0.1, -0.05) is 36.5 Å². The van der Waals surface area contributed by atoms with Crippen LogP contribution in [0.1, 0.15) is 23.9 Å². The molecule has 0 unspecified atom stereocenters. The van der Waals surface area contributed by atoms with Crippen molar-refractivity contribution in [1.29, 1.82) is 0 Å². The van der Waals surface area contributed by atoms with E-state index in [-0.39, 0.29) is 6.61 Å². The fraction of sp³-hybridized carbons (Fsp3) is 0.429. The Morgan fingerprint density at radius 1 is 1.30 bits per heavy atom. The second-order valence-electron chi connectivity index (χ2n) is 4.30. The first-order chi connectivity index (χ1) is 9.83. The number of para-hydroxylation sites is 1. The highest BCUT2D eigenvalue weighted by Crippen LogP contribution is 2.21. The van der Waals surface area contributed by atoms with Crippen molar-refractivity contribution in [2.24, 2.45) is 0 Å². The normalized spacial score (nSPS) is 10.5. The van der Waals surface area contributed by atoms with Crippen molar-refractivity contribution in [2.45, 2.75) is 26.4 Å². The highest BCUT2D eigenvalue weighted by atomic mass is 32.1. The Morgan fingerprint density at radius 2 is 2.15 bits per heavy atom. The van der Waals surface area contributed by atoms with Crippen LogP contribution in [0.25, 0.3) is 0 Å². The first-order valence-electron chi connectivity index (χ1n) is 6.71. The average Bonchev–Trinajstić information content (AvgIpc) is 2.92. The molecule has 0 spiro atoms. The number of hydrogen-bond acceptors (Lipinski definition) is 6. The Morgan fingerprint density at radius 3 is 2.95 bits per heavy atom. The molecule has 0 aliphatic rings. The molecule has 5 nitrogen and oxygen atoms in total. The first-order valence-corrected chi connectivity index (χ1v) is 7.53. The van der Waals surface area contributed by atoms with Gasteiger partial charge in [-0.2, -0.15) is 0 Å². The molecule has 0 fully saturated rings. The summed E-state index contributed by atoms with van der Waals surface area (Å²) in [5.74, 6) is 0.791. The van der Waals surface area contributed by atoms with E-state index in [2.05, 4.69) is 22.4 Å². The molecule has 0 aliphatic heterocycles. The smallest absolute Gasteiger partial charge is 0.205 e. The van der Waals surface area contributed by atoms with Crippen molar-refractivity contribution in [1.82, 2.24) is 10.2 Å². The van der Waals surface area contributed by atoms with Gasteiger partial charge >= 0.3 is 0 Å². The van der Waals surface area contributed by atoms with E-state index in [1.54, 1.807) is 0 Å². The molecule has 0 amide bonds. The standard InChI is InChI=1S/C14H19N3O2S/c1-2-8-15-14-17-16-13(20-14)10-19-12-6-4-3-5-11(12)7-9-18/h3-6,18H,2,7-10H2,1H3,(H,15,17). The summed E-state index contributed by atoms with van der Waals surface area (Å²) in [5.41, 5.74) is 1.00. The van der Waals surface area contributed by atoms with Gasteiger partial charge in [0.05, 0.1) is 0 Å². The van der Waals surface area contributed by atoms with E-state index in [0.717, 1.165) is 34.4 Å². The molecule has 2 aromatic rings. The molecule has 0 atom stereocenters. The number of hydrogen-bond donors (Lipinski definition) is 2. The third-order valence-electron chi connectivity index (χ3n) is 2.70. The molecule has 6 heteroatoms. The van der Waals surface area contributed by atoms with Crippen molar-refractivity contribution in [3.8, 4) is 5.75 Å². The summed E-state index contributed by atoms with van der Waals surface area (Å²) < 4.78 is 5.76. The molecule has 0 bridgehead atoms. The average molecular weight is 293 g/mol. The molecule has 1 aromatic carbocycles. The van der Waals surface area contributed by atoms with Crippen LogP contribution < -0.4 is 10.1 Å². The van der Waals surface area contributed by atoms with Crippen LogP contribution in [-0.4, -0.2) is 28.5 Å². The lowest BCUT2D eigenvalue weighted by molar-refractivity contribution is 0.283. The molecule has 1 heterocycles. The number of ether oxygens (including phenoxy) is 1. The molecule has 1 aromatic heterocycles. The Kier molecular flexibility index (Phi) is 5.76. The quantitative estimate of drug-likeness (QED) is 0.782. The maximum Gasteiger partial charge on any atom is 0.205 e. The third kappa shape index (κ3) is 4.18. The van der Waals surface area contributed by atoms with E-state index in [1.165, 1.54) is 11.3 Å². The maximum absolute atomic E-state index is 9.03. The minimum atomic E-state index is 0.115. The van der Waals surface area contributed by atoms with Gasteiger partial charge in [0.25, 0.3) is 0 Å². The zero-order chi connectivity index (χ0) is 14.2. The molecular formula is C14H19N3O2S. The van der Waals surface area contributed by atoms with Crippen molar-refractivity contribution < 1.29 is 9.84 Å². The largest absolute Gasteiger partial charge is 0.486 e. The summed E-state index contributed by atoms with van der Waals surface area (Å²) >= 11 is 1.50. The minimum absolute atomic E-state index is 0.115. The van der Waals surface area contributed by atoms with Gasteiger partial charge in [-0.05, 0) is 24.5 Å². The van der Waals surface area contributed by atoms with Gasteiger partial charge in [0.2, 0.25) is 5.13 Å². The summed E-state index contributed by atoms with van der Waals surface area (Å²) in [5, 5.41) is 22.0. The number of aromatic nitrogens is 2. The van der Waals surface area contributed by atoms with E-state index < -0.39 is 0 Å². The molecule has 2 rings (SSSR count). The summed E-state index contributed by atoms with van der Waals surface area (Å²) in [6.45, 7) is 3.52. The van der Waals surface area contributed by atoms with Crippen molar-refractivity contribution in [3.63, 3.8) is 0 Å². The topological polar surface area (TPSA) is 67.3 Å². The monoisotopic (exact) mass is 293 g/mol. The van der Waals surface area contributed by atoms with Gasteiger partial charge in [-0.15, -0.1) is 10.2 Å². The Hall–Kier alpha value is -1.66. The maximum atomic E-state index is 9.03.